The van der Waals surface area contributed by atoms with Crippen LogP contribution in [0.15, 0.2) is 47.1 Å². The summed E-state index contributed by atoms with van der Waals surface area (Å²) < 4.78 is 44.8. The lowest BCUT2D eigenvalue weighted by molar-refractivity contribution is -0.119. The van der Waals surface area contributed by atoms with Gasteiger partial charge in [-0.2, -0.15) is 13.2 Å². The van der Waals surface area contributed by atoms with E-state index < -0.39 is 18.3 Å². The number of benzene rings is 1. The molecular weight excluding hydrogens is 515 g/mol. The molecule has 220 valence electrons. The molecule has 0 aromatic heterocycles. The zero-order valence-electron chi connectivity index (χ0n) is 24.5. The topological polar surface area (TPSA) is 49.8 Å². The molecule has 1 N–H and O–H groups in total. The first-order chi connectivity index (χ1) is 18.7. The van der Waals surface area contributed by atoms with E-state index in [1.807, 2.05) is 18.2 Å². The largest absolute Gasteiger partial charge is 0.405 e. The maximum atomic E-state index is 13.0. The van der Waals surface area contributed by atoms with Crippen LogP contribution in [0.2, 0.25) is 0 Å². The van der Waals surface area contributed by atoms with Gasteiger partial charge in [0.25, 0.3) is 0 Å². The SMILES string of the molecule is COC(C)(C)CC[C@]1(O)CC[C@H]2[C@@H]3CCC4=CC(=O)CCC4=C3[C@@H](c3ccc(N(C)CC(F)(F)F)cc3)C[C@@]21C. The van der Waals surface area contributed by atoms with Crippen molar-refractivity contribution in [1.82, 2.24) is 0 Å². The summed E-state index contributed by atoms with van der Waals surface area (Å²) in [4.78, 5) is 13.5. The molecule has 0 aliphatic heterocycles. The summed E-state index contributed by atoms with van der Waals surface area (Å²) in [6, 6.07) is 7.55. The molecule has 5 atom stereocenters. The summed E-state index contributed by atoms with van der Waals surface area (Å²) in [7, 11) is 3.18. The van der Waals surface area contributed by atoms with Crippen molar-refractivity contribution in [1.29, 1.82) is 0 Å². The van der Waals surface area contributed by atoms with Gasteiger partial charge in [-0.05, 0) is 112 Å². The number of ether oxygens (including phenoxy) is 1. The molecule has 2 saturated carbocycles. The second-order valence-electron chi connectivity index (χ2n) is 13.6. The van der Waals surface area contributed by atoms with Gasteiger partial charge in [0.05, 0.1) is 11.2 Å². The van der Waals surface area contributed by atoms with E-state index in [0.717, 1.165) is 50.5 Å². The fraction of sp³-hybridized carbons (Fsp3) is 0.667. The molecule has 0 heterocycles. The Bertz CT molecular complexity index is 1200. The molecule has 4 nitrogen and oxygen atoms in total. The molecule has 0 saturated heterocycles. The molecule has 0 unspecified atom stereocenters. The summed E-state index contributed by atoms with van der Waals surface area (Å²) in [5.41, 5.74) is 4.11. The Labute approximate surface area is 236 Å². The fourth-order valence-electron chi connectivity index (χ4n) is 8.40. The number of aliphatic hydroxyl groups is 1. The predicted octanol–water partition coefficient (Wildman–Crippen LogP) is 7.52. The lowest BCUT2D eigenvalue weighted by atomic mass is 9.50. The van der Waals surface area contributed by atoms with Crippen LogP contribution in [-0.4, -0.2) is 49.0 Å². The zero-order chi connectivity index (χ0) is 29.1. The Morgan fingerprint density at radius 2 is 1.80 bits per heavy atom. The number of allylic oxidation sites excluding steroid dienone is 4. The third kappa shape index (κ3) is 5.29. The van der Waals surface area contributed by atoms with Crippen LogP contribution >= 0.6 is 0 Å². The van der Waals surface area contributed by atoms with E-state index >= 15 is 0 Å². The minimum Gasteiger partial charge on any atom is -0.389 e. The number of hydrogen-bond donors (Lipinski definition) is 1. The second kappa shape index (κ2) is 10.3. The second-order valence-corrected chi connectivity index (χ2v) is 13.6. The van der Waals surface area contributed by atoms with Gasteiger partial charge in [0, 0.05) is 37.6 Å². The number of nitrogens with zero attached hydrogens (tertiary/aromatic N) is 1. The maximum absolute atomic E-state index is 13.0. The first-order valence-corrected chi connectivity index (χ1v) is 14.8. The normalized spacial score (nSPS) is 32.4. The molecule has 4 aliphatic carbocycles. The average Bonchev–Trinajstić information content (AvgIpc) is 3.16. The minimum atomic E-state index is -4.27. The Balaban J connectivity index is 1.54. The molecule has 4 aliphatic rings. The van der Waals surface area contributed by atoms with E-state index in [4.69, 9.17) is 4.74 Å². The molecule has 0 bridgehead atoms. The quantitative estimate of drug-likeness (QED) is 0.375. The van der Waals surface area contributed by atoms with Gasteiger partial charge in [-0.15, -0.1) is 0 Å². The van der Waals surface area contributed by atoms with Gasteiger partial charge in [0.2, 0.25) is 0 Å². The van der Waals surface area contributed by atoms with E-state index in [9.17, 15) is 23.1 Å². The predicted molar refractivity (Wildman–Crippen MR) is 151 cm³/mol. The third-order valence-corrected chi connectivity index (χ3v) is 10.9. The first kappa shape index (κ1) is 29.4. The van der Waals surface area contributed by atoms with E-state index in [0.29, 0.717) is 30.4 Å². The highest BCUT2D eigenvalue weighted by atomic mass is 19.4. The highest BCUT2D eigenvalue weighted by molar-refractivity contribution is 5.93. The van der Waals surface area contributed by atoms with Crippen molar-refractivity contribution in [3.05, 3.63) is 52.6 Å². The Kier molecular flexibility index (Phi) is 7.57. The Morgan fingerprint density at radius 1 is 1.10 bits per heavy atom. The van der Waals surface area contributed by atoms with Crippen LogP contribution in [0.4, 0.5) is 18.9 Å². The van der Waals surface area contributed by atoms with Gasteiger partial charge < -0.3 is 14.7 Å². The fourth-order valence-corrected chi connectivity index (χ4v) is 8.40. The van der Waals surface area contributed by atoms with Crippen LogP contribution in [0.25, 0.3) is 0 Å². The molecule has 40 heavy (non-hydrogen) atoms. The molecule has 5 rings (SSSR count). The zero-order valence-corrected chi connectivity index (χ0v) is 24.5. The molecule has 0 amide bonds. The number of anilines is 1. The summed E-state index contributed by atoms with van der Waals surface area (Å²) in [6.07, 6.45) is 4.70. The lowest BCUT2D eigenvalue weighted by Crippen LogP contribution is -2.52. The molecule has 1 aromatic carbocycles. The van der Waals surface area contributed by atoms with Crippen molar-refractivity contribution in [3.63, 3.8) is 0 Å². The Morgan fingerprint density at radius 3 is 2.45 bits per heavy atom. The maximum Gasteiger partial charge on any atom is 0.405 e. The van der Waals surface area contributed by atoms with Crippen molar-refractivity contribution >= 4 is 11.5 Å². The van der Waals surface area contributed by atoms with Crippen LogP contribution in [0.5, 0.6) is 0 Å². The summed E-state index contributed by atoms with van der Waals surface area (Å²) in [5.74, 6) is 0.947. The van der Waals surface area contributed by atoms with Gasteiger partial charge in [0.15, 0.2) is 5.78 Å². The van der Waals surface area contributed by atoms with Gasteiger partial charge in [-0.3, -0.25) is 4.79 Å². The molecular formula is C33H44F3NO3. The van der Waals surface area contributed by atoms with Crippen LogP contribution in [0, 0.1) is 17.3 Å². The summed E-state index contributed by atoms with van der Waals surface area (Å²) in [6.45, 7) is 5.40. The van der Waals surface area contributed by atoms with Crippen molar-refractivity contribution in [2.24, 2.45) is 17.3 Å². The highest BCUT2D eigenvalue weighted by Gasteiger charge is 2.62. The van der Waals surface area contributed by atoms with Crippen LogP contribution in [0.3, 0.4) is 0 Å². The van der Waals surface area contributed by atoms with E-state index in [1.54, 1.807) is 19.2 Å². The van der Waals surface area contributed by atoms with Crippen molar-refractivity contribution in [2.45, 2.75) is 102 Å². The lowest BCUT2D eigenvalue weighted by Gasteiger charge is -2.55. The van der Waals surface area contributed by atoms with Crippen molar-refractivity contribution < 1.29 is 27.8 Å². The number of carbonyl (C=O) groups excluding carboxylic acids is 1. The molecule has 1 aromatic rings. The summed E-state index contributed by atoms with van der Waals surface area (Å²) >= 11 is 0. The Hall–Kier alpha value is -2.12. The summed E-state index contributed by atoms with van der Waals surface area (Å²) in [5, 5.41) is 12.3. The number of carbonyl (C=O) groups is 1. The molecule has 7 heteroatoms. The number of hydrogen-bond acceptors (Lipinski definition) is 4. The van der Waals surface area contributed by atoms with Gasteiger partial charge >= 0.3 is 6.18 Å². The number of ketones is 1. The first-order valence-electron chi connectivity index (χ1n) is 14.8. The third-order valence-electron chi connectivity index (χ3n) is 10.9. The minimum absolute atomic E-state index is 0.0557. The van der Waals surface area contributed by atoms with E-state index in [1.165, 1.54) is 28.7 Å². The van der Waals surface area contributed by atoms with Gasteiger partial charge in [-0.25, -0.2) is 0 Å². The molecule has 0 spiro atoms. The van der Waals surface area contributed by atoms with E-state index in [-0.39, 0.29) is 22.7 Å². The van der Waals surface area contributed by atoms with Crippen LogP contribution in [0.1, 0.15) is 90.0 Å². The van der Waals surface area contributed by atoms with Crippen LogP contribution < -0.4 is 4.90 Å². The van der Waals surface area contributed by atoms with Gasteiger partial charge in [-0.1, -0.05) is 24.6 Å². The van der Waals surface area contributed by atoms with Crippen molar-refractivity contribution in [2.75, 3.05) is 25.6 Å². The molecule has 2 fully saturated rings. The smallest absolute Gasteiger partial charge is 0.389 e. The standard InChI is InChI=1S/C33H44F3NO3/c1-30(2,40-5)16-17-32(39)15-14-28-26-12-8-22-18-24(38)11-13-25(22)29(26)27(19-31(28,32)3)21-6-9-23(10-7-21)37(4)20-33(34,35)36/h6-7,9-10,18,26-28,39H,8,11-17,19-20H2,1-5H3/t26-,27+,28-,31-,32+/m0/s1. The number of halogens is 3. The number of alkyl halides is 3. The monoisotopic (exact) mass is 559 g/mol. The average molecular weight is 560 g/mol. The van der Waals surface area contributed by atoms with E-state index in [2.05, 4.69) is 20.8 Å². The number of rotatable bonds is 7. The van der Waals surface area contributed by atoms with Crippen molar-refractivity contribution in [3.8, 4) is 0 Å². The van der Waals surface area contributed by atoms with Gasteiger partial charge in [0.1, 0.15) is 6.54 Å². The highest BCUT2D eigenvalue weighted by Crippen LogP contribution is 2.67. The molecule has 0 radical (unpaired) electrons. The number of fused-ring (bicyclic) bond motifs is 4. The number of methoxy groups -OCH3 is 1. The van der Waals surface area contributed by atoms with Crippen LogP contribution in [-0.2, 0) is 9.53 Å².